The summed E-state index contributed by atoms with van der Waals surface area (Å²) in [5.74, 6) is 1.39. The summed E-state index contributed by atoms with van der Waals surface area (Å²) in [5.41, 5.74) is 1.49. The van der Waals surface area contributed by atoms with E-state index in [1.165, 1.54) is 5.56 Å². The Labute approximate surface area is 201 Å². The van der Waals surface area contributed by atoms with Gasteiger partial charge in [-0.05, 0) is 49.4 Å². The van der Waals surface area contributed by atoms with Crippen LogP contribution in [0.4, 0.5) is 0 Å². The maximum absolute atomic E-state index is 12.4. The molecule has 1 saturated carbocycles. The zero-order valence-corrected chi connectivity index (χ0v) is 20.7. The highest BCUT2D eigenvalue weighted by Crippen LogP contribution is 2.50. The molecule has 1 unspecified atom stereocenters. The van der Waals surface area contributed by atoms with Gasteiger partial charge in [-0.2, -0.15) is 4.98 Å². The summed E-state index contributed by atoms with van der Waals surface area (Å²) in [7, 11) is 3.77. The molecule has 1 aromatic carbocycles. The van der Waals surface area contributed by atoms with Crippen molar-refractivity contribution < 1.29 is 14.4 Å². The van der Waals surface area contributed by atoms with E-state index in [-0.39, 0.29) is 5.41 Å². The van der Waals surface area contributed by atoms with E-state index in [9.17, 15) is 5.11 Å². The minimum atomic E-state index is -1.22. The fourth-order valence-corrected chi connectivity index (χ4v) is 5.64. The summed E-state index contributed by atoms with van der Waals surface area (Å²) in [6, 6.07) is 10.3. The molecule has 0 amide bonds. The lowest BCUT2D eigenvalue weighted by atomic mass is 9.62. The second kappa shape index (κ2) is 8.26. The van der Waals surface area contributed by atoms with Crippen LogP contribution in [0.5, 0.6) is 0 Å². The number of benzene rings is 1. The molecule has 1 saturated heterocycles. The normalized spacial score (nSPS) is 21.0. The van der Waals surface area contributed by atoms with E-state index < -0.39 is 11.2 Å². The molecule has 1 aliphatic carbocycles. The Balaban J connectivity index is 1.56. The van der Waals surface area contributed by atoms with Gasteiger partial charge in [-0.1, -0.05) is 50.2 Å². The summed E-state index contributed by atoms with van der Waals surface area (Å²) in [4.78, 5) is 11.4. The number of hydrogen-bond acceptors (Lipinski definition) is 7. The second-order valence-electron chi connectivity index (χ2n) is 10.7. The number of likely N-dealkylation sites (tertiary alicyclic amines) is 1. The molecule has 1 aliphatic heterocycles. The van der Waals surface area contributed by atoms with Crippen molar-refractivity contribution in [1.82, 2.24) is 20.0 Å². The number of aromatic nitrogens is 3. The first kappa shape index (κ1) is 23.1. The highest BCUT2D eigenvalue weighted by molar-refractivity contribution is 5.55. The van der Waals surface area contributed by atoms with E-state index >= 15 is 0 Å². The molecule has 0 radical (unpaired) electrons. The summed E-state index contributed by atoms with van der Waals surface area (Å²) in [5, 5.41) is 16.6. The monoisotopic (exact) mass is 462 g/mol. The van der Waals surface area contributed by atoms with Crippen molar-refractivity contribution in [1.29, 1.82) is 0 Å². The summed E-state index contributed by atoms with van der Waals surface area (Å²) >= 11 is 0. The van der Waals surface area contributed by atoms with Gasteiger partial charge >= 0.3 is 0 Å². The Hall–Kier alpha value is -2.61. The zero-order valence-electron chi connectivity index (χ0n) is 20.7. The summed E-state index contributed by atoms with van der Waals surface area (Å²) in [6.07, 6.45) is 6.32. The van der Waals surface area contributed by atoms with Gasteiger partial charge in [0.15, 0.2) is 0 Å². The number of rotatable bonds is 7. The first-order valence-electron chi connectivity index (χ1n) is 12.1. The Bertz CT molecular complexity index is 1160. The van der Waals surface area contributed by atoms with Gasteiger partial charge in [-0.15, -0.1) is 0 Å². The third-order valence-corrected chi connectivity index (χ3v) is 7.89. The van der Waals surface area contributed by atoms with E-state index in [4.69, 9.17) is 9.26 Å². The van der Waals surface area contributed by atoms with E-state index in [1.807, 2.05) is 6.07 Å². The van der Waals surface area contributed by atoms with Crippen LogP contribution in [0.25, 0.3) is 11.5 Å². The van der Waals surface area contributed by atoms with Crippen LogP contribution in [0.3, 0.4) is 0 Å². The standard InChI is InChI=1S/C27H34N4O3/c1-18(2)19-7-9-21(10-8-19)27(32,25(3)16-31(4)17-25)22-13-20(14-28-15-22)23-29-24(30-34-23)26(33-5)11-6-12-26/h7-10,13-15,18,32H,6,11-12,16-17H2,1-5H3. The van der Waals surface area contributed by atoms with Gasteiger partial charge in [0, 0.05) is 43.6 Å². The second-order valence-corrected chi connectivity index (χ2v) is 10.7. The molecule has 1 atom stereocenters. The molecule has 0 spiro atoms. The van der Waals surface area contributed by atoms with Crippen molar-refractivity contribution in [2.75, 3.05) is 27.2 Å². The predicted molar refractivity (Wildman–Crippen MR) is 129 cm³/mol. The molecule has 3 heterocycles. The van der Waals surface area contributed by atoms with Gasteiger partial charge in [0.05, 0.1) is 5.56 Å². The maximum Gasteiger partial charge on any atom is 0.259 e. The van der Waals surface area contributed by atoms with Crippen LogP contribution in [-0.4, -0.2) is 52.4 Å². The molecule has 2 aliphatic rings. The van der Waals surface area contributed by atoms with Crippen LogP contribution < -0.4 is 0 Å². The molecule has 5 rings (SSSR count). The van der Waals surface area contributed by atoms with Crippen molar-refractivity contribution in [2.45, 2.75) is 57.2 Å². The van der Waals surface area contributed by atoms with E-state index in [2.05, 4.69) is 72.1 Å². The molecule has 3 aromatic rings. The van der Waals surface area contributed by atoms with E-state index in [0.29, 0.717) is 23.2 Å². The molecular formula is C27H34N4O3. The van der Waals surface area contributed by atoms with Crippen molar-refractivity contribution in [2.24, 2.45) is 5.41 Å². The largest absolute Gasteiger partial charge is 0.380 e. The SMILES string of the molecule is COC1(c2noc(-c3cncc(C(O)(c4ccc(C(C)C)cc4)C4(C)CN(C)C4)c3)n2)CCC1. The third kappa shape index (κ3) is 3.49. The van der Waals surface area contributed by atoms with Crippen LogP contribution >= 0.6 is 0 Å². The number of ether oxygens (including phenoxy) is 1. The van der Waals surface area contributed by atoms with Gasteiger partial charge in [0.2, 0.25) is 5.82 Å². The molecule has 180 valence electrons. The van der Waals surface area contributed by atoms with Crippen molar-refractivity contribution in [3.8, 4) is 11.5 Å². The van der Waals surface area contributed by atoms with Gasteiger partial charge in [0.1, 0.15) is 11.2 Å². The van der Waals surface area contributed by atoms with Gasteiger partial charge in [-0.3, -0.25) is 4.98 Å². The quantitative estimate of drug-likeness (QED) is 0.555. The molecule has 7 nitrogen and oxygen atoms in total. The number of aliphatic hydroxyl groups is 1. The molecular weight excluding hydrogens is 428 g/mol. The Morgan fingerprint density at radius 2 is 1.82 bits per heavy atom. The fourth-order valence-electron chi connectivity index (χ4n) is 5.64. The van der Waals surface area contributed by atoms with Crippen LogP contribution in [0, 0.1) is 5.41 Å². The van der Waals surface area contributed by atoms with Crippen LogP contribution in [0.2, 0.25) is 0 Å². The minimum Gasteiger partial charge on any atom is -0.380 e. The fraction of sp³-hybridized carbons (Fsp3) is 0.519. The number of nitrogens with zero attached hydrogens (tertiary/aromatic N) is 4. The van der Waals surface area contributed by atoms with Crippen LogP contribution in [0.15, 0.2) is 47.2 Å². The summed E-state index contributed by atoms with van der Waals surface area (Å²) < 4.78 is 11.3. The molecule has 0 bridgehead atoms. The smallest absolute Gasteiger partial charge is 0.259 e. The van der Waals surface area contributed by atoms with Crippen molar-refractivity contribution in [3.05, 3.63) is 65.2 Å². The topological polar surface area (TPSA) is 84.5 Å². The Kier molecular flexibility index (Phi) is 5.62. The molecule has 34 heavy (non-hydrogen) atoms. The molecule has 7 heteroatoms. The lowest BCUT2D eigenvalue weighted by Crippen LogP contribution is -2.63. The van der Waals surface area contributed by atoms with Gasteiger partial charge in [0.25, 0.3) is 5.89 Å². The maximum atomic E-state index is 12.4. The average Bonchev–Trinajstić information content (AvgIpc) is 3.28. The first-order chi connectivity index (χ1) is 16.2. The van der Waals surface area contributed by atoms with Crippen molar-refractivity contribution >= 4 is 0 Å². The van der Waals surface area contributed by atoms with E-state index in [0.717, 1.165) is 43.5 Å². The highest BCUT2D eigenvalue weighted by Gasteiger charge is 2.55. The lowest BCUT2D eigenvalue weighted by molar-refractivity contribution is -0.127. The summed E-state index contributed by atoms with van der Waals surface area (Å²) in [6.45, 7) is 8.04. The number of methoxy groups -OCH3 is 1. The van der Waals surface area contributed by atoms with E-state index in [1.54, 1.807) is 19.5 Å². The van der Waals surface area contributed by atoms with Gasteiger partial charge in [-0.25, -0.2) is 0 Å². The highest BCUT2D eigenvalue weighted by atomic mass is 16.5. The predicted octanol–water partition coefficient (Wildman–Crippen LogP) is 4.47. The van der Waals surface area contributed by atoms with Crippen LogP contribution in [0.1, 0.15) is 68.5 Å². The minimum absolute atomic E-state index is 0.368. The molecule has 1 N–H and O–H groups in total. The lowest BCUT2D eigenvalue weighted by Gasteiger charge is -2.55. The molecule has 2 aromatic heterocycles. The number of hydrogen-bond donors (Lipinski definition) is 1. The van der Waals surface area contributed by atoms with Gasteiger partial charge < -0.3 is 19.3 Å². The molecule has 2 fully saturated rings. The Morgan fingerprint density at radius 3 is 2.38 bits per heavy atom. The Morgan fingerprint density at radius 1 is 1.12 bits per heavy atom. The first-order valence-corrected chi connectivity index (χ1v) is 12.1. The van der Waals surface area contributed by atoms with Crippen molar-refractivity contribution in [3.63, 3.8) is 0 Å². The zero-order chi connectivity index (χ0) is 24.1. The third-order valence-electron chi connectivity index (χ3n) is 7.89. The average molecular weight is 463 g/mol. The van der Waals surface area contributed by atoms with Crippen LogP contribution in [-0.2, 0) is 15.9 Å². The number of pyridine rings is 1.